The molecule has 2 aromatic carbocycles. The van der Waals surface area contributed by atoms with Crippen LogP contribution in [0.25, 0.3) is 11.0 Å². The highest BCUT2D eigenvalue weighted by atomic mass is 16.2. The summed E-state index contributed by atoms with van der Waals surface area (Å²) in [5.41, 5.74) is 2.99. The van der Waals surface area contributed by atoms with Gasteiger partial charge in [0.2, 0.25) is 5.91 Å². The number of fused-ring (bicyclic) bond motifs is 1. The third-order valence-corrected chi connectivity index (χ3v) is 4.49. The highest BCUT2D eigenvalue weighted by Gasteiger charge is 2.29. The molecular weight excluding hydrogens is 300 g/mol. The number of para-hydroxylation sites is 2. The van der Waals surface area contributed by atoms with Crippen molar-refractivity contribution < 1.29 is 4.79 Å². The van der Waals surface area contributed by atoms with Gasteiger partial charge in [-0.1, -0.05) is 42.5 Å². The Balaban J connectivity index is 1.59. The van der Waals surface area contributed by atoms with E-state index < -0.39 is 0 Å². The summed E-state index contributed by atoms with van der Waals surface area (Å²) in [6.07, 6.45) is 0.428. The van der Waals surface area contributed by atoms with Crippen LogP contribution in [0.5, 0.6) is 0 Å². The summed E-state index contributed by atoms with van der Waals surface area (Å²) in [5.74, 6) is 0.998. The van der Waals surface area contributed by atoms with Gasteiger partial charge in [-0.05, 0) is 17.7 Å². The number of nitrogens with one attached hydrogen (secondary N) is 2. The van der Waals surface area contributed by atoms with E-state index in [2.05, 4.69) is 15.3 Å². The second kappa shape index (κ2) is 6.45. The Morgan fingerprint density at radius 1 is 1.12 bits per heavy atom. The molecule has 0 spiro atoms. The van der Waals surface area contributed by atoms with E-state index in [0.717, 1.165) is 35.5 Å². The van der Waals surface area contributed by atoms with Crippen LogP contribution in [0.2, 0.25) is 0 Å². The zero-order valence-corrected chi connectivity index (χ0v) is 13.4. The number of carbonyl (C=O) groups is 1. The van der Waals surface area contributed by atoms with E-state index in [9.17, 15) is 4.79 Å². The quantitative estimate of drug-likeness (QED) is 0.778. The Kier molecular flexibility index (Phi) is 4.01. The molecule has 0 radical (unpaired) electrons. The molecule has 1 unspecified atom stereocenters. The lowest BCUT2D eigenvalue weighted by molar-refractivity contribution is -0.134. The van der Waals surface area contributed by atoms with Crippen molar-refractivity contribution in [3.05, 3.63) is 66.0 Å². The zero-order chi connectivity index (χ0) is 16.4. The number of aromatic amines is 1. The minimum atomic E-state index is -0.0534. The summed E-state index contributed by atoms with van der Waals surface area (Å²) in [5, 5.41) is 3.37. The largest absolute Gasteiger partial charge is 0.340 e. The van der Waals surface area contributed by atoms with Gasteiger partial charge in [0.15, 0.2) is 0 Å². The fourth-order valence-electron chi connectivity index (χ4n) is 3.25. The van der Waals surface area contributed by atoms with Crippen molar-refractivity contribution in [1.29, 1.82) is 0 Å². The Morgan fingerprint density at radius 3 is 2.75 bits per heavy atom. The van der Waals surface area contributed by atoms with E-state index in [1.54, 1.807) is 0 Å². The van der Waals surface area contributed by atoms with Crippen molar-refractivity contribution in [2.24, 2.45) is 0 Å². The van der Waals surface area contributed by atoms with Crippen LogP contribution in [0, 0.1) is 0 Å². The van der Waals surface area contributed by atoms with Crippen molar-refractivity contribution >= 4 is 16.9 Å². The minimum absolute atomic E-state index is 0.0534. The van der Waals surface area contributed by atoms with E-state index in [0.29, 0.717) is 13.0 Å². The molecular formula is C19H20N4O. The molecule has 0 saturated carbocycles. The maximum Gasteiger partial charge on any atom is 0.227 e. The zero-order valence-electron chi connectivity index (χ0n) is 13.4. The molecule has 5 heteroatoms. The van der Waals surface area contributed by atoms with Crippen molar-refractivity contribution in [1.82, 2.24) is 20.2 Å². The number of amides is 1. The fraction of sp³-hybridized carbons (Fsp3) is 0.263. The lowest BCUT2D eigenvalue weighted by Gasteiger charge is -2.35. The third kappa shape index (κ3) is 2.90. The summed E-state index contributed by atoms with van der Waals surface area (Å²) < 4.78 is 0. The molecule has 5 nitrogen and oxygen atoms in total. The van der Waals surface area contributed by atoms with Gasteiger partial charge in [-0.15, -0.1) is 0 Å². The molecule has 0 bridgehead atoms. The Bertz CT molecular complexity index is 810. The summed E-state index contributed by atoms with van der Waals surface area (Å²) in [4.78, 5) is 22.8. The molecule has 3 aromatic rings. The van der Waals surface area contributed by atoms with Gasteiger partial charge in [-0.25, -0.2) is 4.98 Å². The predicted molar refractivity (Wildman–Crippen MR) is 93.6 cm³/mol. The average Bonchev–Trinajstić information content (AvgIpc) is 3.06. The number of imidazole rings is 1. The molecule has 0 aliphatic carbocycles. The van der Waals surface area contributed by atoms with Gasteiger partial charge in [-0.2, -0.15) is 0 Å². The van der Waals surface area contributed by atoms with Crippen LogP contribution in [0.1, 0.15) is 17.4 Å². The minimum Gasteiger partial charge on any atom is -0.340 e. The first-order valence-electron chi connectivity index (χ1n) is 8.30. The molecule has 1 aliphatic heterocycles. The van der Waals surface area contributed by atoms with Crippen LogP contribution >= 0.6 is 0 Å². The number of hydrogen-bond acceptors (Lipinski definition) is 3. The van der Waals surface area contributed by atoms with Gasteiger partial charge >= 0.3 is 0 Å². The van der Waals surface area contributed by atoms with Crippen molar-refractivity contribution in [2.75, 3.05) is 19.6 Å². The molecule has 2 N–H and O–H groups in total. The maximum atomic E-state index is 12.8. The van der Waals surface area contributed by atoms with E-state index in [4.69, 9.17) is 0 Å². The summed E-state index contributed by atoms with van der Waals surface area (Å²) in [6.45, 7) is 2.24. The van der Waals surface area contributed by atoms with Crippen LogP contribution in [0.3, 0.4) is 0 Å². The van der Waals surface area contributed by atoms with Crippen LogP contribution in [0.4, 0.5) is 0 Å². The highest BCUT2D eigenvalue weighted by Crippen LogP contribution is 2.23. The number of nitrogens with zero attached hydrogens (tertiary/aromatic N) is 2. The average molecular weight is 320 g/mol. The van der Waals surface area contributed by atoms with E-state index in [1.807, 2.05) is 59.5 Å². The summed E-state index contributed by atoms with van der Waals surface area (Å²) in [7, 11) is 0. The van der Waals surface area contributed by atoms with Gasteiger partial charge in [0.25, 0.3) is 0 Å². The number of aromatic nitrogens is 2. The Morgan fingerprint density at radius 2 is 1.92 bits per heavy atom. The van der Waals surface area contributed by atoms with Crippen LogP contribution in [-0.2, 0) is 11.2 Å². The number of carbonyl (C=O) groups excluding carboxylic acids is 1. The first kappa shape index (κ1) is 14.9. The molecule has 1 fully saturated rings. The van der Waals surface area contributed by atoms with Gasteiger partial charge in [-0.3, -0.25) is 4.79 Å². The van der Waals surface area contributed by atoms with Crippen molar-refractivity contribution in [3.63, 3.8) is 0 Å². The smallest absolute Gasteiger partial charge is 0.227 e. The molecule has 1 amide bonds. The molecule has 1 atom stereocenters. The Hall–Kier alpha value is -2.66. The molecule has 1 saturated heterocycles. The third-order valence-electron chi connectivity index (χ3n) is 4.49. The number of piperazine rings is 1. The van der Waals surface area contributed by atoms with Crippen molar-refractivity contribution in [3.8, 4) is 0 Å². The number of hydrogen-bond donors (Lipinski definition) is 2. The van der Waals surface area contributed by atoms with Crippen molar-refractivity contribution in [2.45, 2.75) is 12.5 Å². The number of H-pyrrole nitrogens is 1. The van der Waals surface area contributed by atoms with E-state index in [1.165, 1.54) is 0 Å². The first-order valence-corrected chi connectivity index (χ1v) is 8.30. The first-order chi connectivity index (χ1) is 11.8. The lowest BCUT2D eigenvalue weighted by atomic mass is 10.1. The SMILES string of the molecule is O=C(Cc1ccccc1)N1CCNCC1c1nc2ccccc2[nH]1. The molecule has 1 aromatic heterocycles. The van der Waals surface area contributed by atoms with E-state index >= 15 is 0 Å². The molecule has 4 rings (SSSR count). The van der Waals surface area contributed by atoms with Crippen LogP contribution < -0.4 is 5.32 Å². The topological polar surface area (TPSA) is 61.0 Å². The number of rotatable bonds is 3. The molecule has 2 heterocycles. The normalized spacial score (nSPS) is 18.0. The summed E-state index contributed by atoms with van der Waals surface area (Å²) in [6, 6.07) is 17.8. The van der Waals surface area contributed by atoms with Gasteiger partial charge in [0.05, 0.1) is 17.5 Å². The lowest BCUT2D eigenvalue weighted by Crippen LogP contribution is -2.49. The second-order valence-corrected chi connectivity index (χ2v) is 6.11. The Labute approximate surface area is 140 Å². The molecule has 24 heavy (non-hydrogen) atoms. The van der Waals surface area contributed by atoms with Gasteiger partial charge < -0.3 is 15.2 Å². The number of benzene rings is 2. The molecule has 122 valence electrons. The van der Waals surface area contributed by atoms with E-state index in [-0.39, 0.29) is 11.9 Å². The molecule has 1 aliphatic rings. The van der Waals surface area contributed by atoms with Gasteiger partial charge in [0.1, 0.15) is 11.9 Å². The fourth-order valence-corrected chi connectivity index (χ4v) is 3.25. The standard InChI is InChI=1S/C19H20N4O/c24-18(12-14-6-2-1-3-7-14)23-11-10-20-13-17(23)19-21-15-8-4-5-9-16(15)22-19/h1-9,17,20H,10-13H2,(H,21,22). The summed E-state index contributed by atoms with van der Waals surface area (Å²) >= 11 is 0. The maximum absolute atomic E-state index is 12.8. The van der Waals surface area contributed by atoms with Crippen LogP contribution in [0.15, 0.2) is 54.6 Å². The van der Waals surface area contributed by atoms with Crippen LogP contribution in [-0.4, -0.2) is 40.4 Å². The highest BCUT2D eigenvalue weighted by molar-refractivity contribution is 5.80. The second-order valence-electron chi connectivity index (χ2n) is 6.11. The van der Waals surface area contributed by atoms with Gasteiger partial charge in [0, 0.05) is 19.6 Å². The monoisotopic (exact) mass is 320 g/mol. The predicted octanol–water partition coefficient (Wildman–Crippen LogP) is 2.28.